The SMILES string of the molecule is Cl.O=C(NC(Cc1ccccc1)C(=O)N1CCCC1)c1cn(C2CCNCC2)nn1. The molecule has 1 aromatic carbocycles. The van der Waals surface area contributed by atoms with Gasteiger partial charge in [-0.05, 0) is 44.3 Å². The molecule has 2 aliphatic heterocycles. The van der Waals surface area contributed by atoms with Gasteiger partial charge in [0.15, 0.2) is 5.69 Å². The van der Waals surface area contributed by atoms with Gasteiger partial charge in [-0.3, -0.25) is 9.59 Å². The quantitative estimate of drug-likeness (QED) is 0.723. The highest BCUT2D eigenvalue weighted by Crippen LogP contribution is 2.17. The predicted octanol–water partition coefficient (Wildman–Crippen LogP) is 1.59. The zero-order chi connectivity index (χ0) is 20.1. The molecule has 0 saturated carbocycles. The Morgan fingerprint density at radius 2 is 1.83 bits per heavy atom. The predicted molar refractivity (Wildman–Crippen MR) is 116 cm³/mol. The minimum absolute atomic E-state index is 0. The van der Waals surface area contributed by atoms with Crippen LogP contribution in [-0.2, 0) is 11.2 Å². The van der Waals surface area contributed by atoms with E-state index >= 15 is 0 Å². The molecule has 0 bridgehead atoms. The fourth-order valence-electron chi connectivity index (χ4n) is 4.07. The van der Waals surface area contributed by atoms with Crippen LogP contribution in [0.3, 0.4) is 0 Å². The van der Waals surface area contributed by atoms with Crippen molar-refractivity contribution in [3.63, 3.8) is 0 Å². The highest BCUT2D eigenvalue weighted by Gasteiger charge is 2.29. The van der Waals surface area contributed by atoms with Gasteiger partial charge in [0.25, 0.3) is 5.91 Å². The molecule has 2 N–H and O–H groups in total. The van der Waals surface area contributed by atoms with Crippen LogP contribution in [0, 0.1) is 0 Å². The molecule has 1 unspecified atom stereocenters. The van der Waals surface area contributed by atoms with Crippen molar-refractivity contribution in [1.29, 1.82) is 0 Å². The summed E-state index contributed by atoms with van der Waals surface area (Å²) in [6.45, 7) is 3.39. The molecule has 2 saturated heterocycles. The first kappa shape index (κ1) is 22.2. The van der Waals surface area contributed by atoms with E-state index in [0.29, 0.717) is 6.42 Å². The van der Waals surface area contributed by atoms with Crippen LogP contribution in [0.15, 0.2) is 36.5 Å². The molecule has 30 heavy (non-hydrogen) atoms. The van der Waals surface area contributed by atoms with E-state index in [1.807, 2.05) is 35.2 Å². The number of nitrogens with one attached hydrogen (secondary N) is 2. The molecule has 1 atom stereocenters. The molecule has 162 valence electrons. The number of carbonyl (C=O) groups is 2. The van der Waals surface area contributed by atoms with Crippen molar-refractivity contribution < 1.29 is 9.59 Å². The fraction of sp³-hybridized carbons (Fsp3) is 0.524. The second-order valence-electron chi connectivity index (χ2n) is 7.81. The number of aromatic nitrogens is 3. The van der Waals surface area contributed by atoms with Crippen LogP contribution < -0.4 is 10.6 Å². The number of hydrogen-bond acceptors (Lipinski definition) is 5. The molecule has 4 rings (SSSR count). The number of halogens is 1. The van der Waals surface area contributed by atoms with E-state index in [4.69, 9.17) is 0 Å². The topological polar surface area (TPSA) is 92.2 Å². The Morgan fingerprint density at radius 1 is 1.13 bits per heavy atom. The van der Waals surface area contributed by atoms with Gasteiger partial charge in [-0.15, -0.1) is 17.5 Å². The van der Waals surface area contributed by atoms with Crippen molar-refractivity contribution in [3.05, 3.63) is 47.8 Å². The average molecular weight is 433 g/mol. The Morgan fingerprint density at radius 3 is 2.53 bits per heavy atom. The van der Waals surface area contributed by atoms with Gasteiger partial charge in [-0.2, -0.15) is 0 Å². The summed E-state index contributed by atoms with van der Waals surface area (Å²) in [4.78, 5) is 27.7. The number of nitrogens with zero attached hydrogens (tertiary/aromatic N) is 4. The van der Waals surface area contributed by atoms with E-state index in [9.17, 15) is 9.59 Å². The van der Waals surface area contributed by atoms with E-state index in [1.54, 1.807) is 10.9 Å². The van der Waals surface area contributed by atoms with E-state index in [1.165, 1.54) is 0 Å². The van der Waals surface area contributed by atoms with E-state index < -0.39 is 6.04 Å². The first-order chi connectivity index (χ1) is 14.2. The summed E-state index contributed by atoms with van der Waals surface area (Å²) in [7, 11) is 0. The van der Waals surface area contributed by atoms with E-state index in [0.717, 1.165) is 57.4 Å². The molecule has 8 nitrogen and oxygen atoms in total. The Bertz CT molecular complexity index is 831. The van der Waals surface area contributed by atoms with Crippen molar-refractivity contribution in [3.8, 4) is 0 Å². The van der Waals surface area contributed by atoms with Crippen LogP contribution in [-0.4, -0.2) is 63.9 Å². The average Bonchev–Trinajstić information content (AvgIpc) is 3.46. The van der Waals surface area contributed by atoms with Gasteiger partial charge >= 0.3 is 0 Å². The monoisotopic (exact) mass is 432 g/mol. The zero-order valence-corrected chi connectivity index (χ0v) is 17.8. The summed E-state index contributed by atoms with van der Waals surface area (Å²) in [5, 5.41) is 14.5. The van der Waals surface area contributed by atoms with Crippen molar-refractivity contribution in [1.82, 2.24) is 30.5 Å². The lowest BCUT2D eigenvalue weighted by Crippen LogP contribution is -2.49. The summed E-state index contributed by atoms with van der Waals surface area (Å²) in [5.74, 6) is -0.371. The standard InChI is InChI=1S/C21H28N6O2.ClH/c28-20(19-15-27(25-24-19)17-8-10-22-11-9-17)23-18(14-16-6-2-1-3-7-16)21(29)26-12-4-5-13-26;/h1-3,6-7,15,17-18,22H,4-5,8-14H2,(H,23,28);1H. The number of piperidine rings is 1. The number of likely N-dealkylation sites (tertiary alicyclic amines) is 1. The lowest BCUT2D eigenvalue weighted by molar-refractivity contribution is -0.132. The summed E-state index contributed by atoms with van der Waals surface area (Å²) in [6.07, 6.45) is 6.13. The maximum atomic E-state index is 13.0. The lowest BCUT2D eigenvalue weighted by atomic mass is 10.0. The first-order valence-corrected chi connectivity index (χ1v) is 10.5. The number of hydrogen-bond donors (Lipinski definition) is 2. The Hall–Kier alpha value is -2.45. The van der Waals surface area contributed by atoms with Gasteiger partial charge in [-0.25, -0.2) is 4.68 Å². The van der Waals surface area contributed by atoms with Gasteiger partial charge < -0.3 is 15.5 Å². The molecule has 2 fully saturated rings. The highest BCUT2D eigenvalue weighted by molar-refractivity contribution is 5.96. The van der Waals surface area contributed by atoms with Gasteiger partial charge in [0.05, 0.1) is 12.2 Å². The summed E-state index contributed by atoms with van der Waals surface area (Å²) in [6, 6.07) is 9.44. The molecule has 3 heterocycles. The maximum absolute atomic E-state index is 13.0. The second kappa shape index (κ2) is 10.5. The Labute approximate surface area is 182 Å². The third-order valence-electron chi connectivity index (χ3n) is 5.73. The molecule has 2 amide bonds. The van der Waals surface area contributed by atoms with Crippen molar-refractivity contribution in [2.24, 2.45) is 0 Å². The van der Waals surface area contributed by atoms with E-state index in [-0.39, 0.29) is 36.0 Å². The largest absolute Gasteiger partial charge is 0.341 e. The van der Waals surface area contributed by atoms with Crippen molar-refractivity contribution in [2.75, 3.05) is 26.2 Å². The van der Waals surface area contributed by atoms with Gasteiger partial charge in [0, 0.05) is 19.5 Å². The molecule has 0 aliphatic carbocycles. The minimum atomic E-state index is -0.605. The number of amides is 2. The molecule has 9 heteroatoms. The summed E-state index contributed by atoms with van der Waals surface area (Å²) in [5.41, 5.74) is 1.28. The molecular weight excluding hydrogens is 404 g/mol. The molecular formula is C21H29ClN6O2. The second-order valence-corrected chi connectivity index (χ2v) is 7.81. The van der Waals surface area contributed by atoms with E-state index in [2.05, 4.69) is 20.9 Å². The van der Waals surface area contributed by atoms with Crippen LogP contribution in [0.1, 0.15) is 47.8 Å². The summed E-state index contributed by atoms with van der Waals surface area (Å²) < 4.78 is 1.78. The minimum Gasteiger partial charge on any atom is -0.341 e. The maximum Gasteiger partial charge on any atom is 0.274 e. The third-order valence-corrected chi connectivity index (χ3v) is 5.73. The molecule has 2 aromatic rings. The molecule has 2 aliphatic rings. The van der Waals surface area contributed by atoms with Crippen LogP contribution in [0.4, 0.5) is 0 Å². The van der Waals surface area contributed by atoms with Crippen LogP contribution >= 0.6 is 12.4 Å². The Kier molecular flexibility index (Phi) is 7.81. The van der Waals surface area contributed by atoms with Crippen molar-refractivity contribution in [2.45, 2.75) is 44.2 Å². The summed E-state index contributed by atoms with van der Waals surface area (Å²) >= 11 is 0. The Balaban J connectivity index is 0.00000256. The zero-order valence-electron chi connectivity index (χ0n) is 17.0. The van der Waals surface area contributed by atoms with Gasteiger partial charge in [-0.1, -0.05) is 35.5 Å². The fourth-order valence-corrected chi connectivity index (χ4v) is 4.07. The highest BCUT2D eigenvalue weighted by atomic mass is 35.5. The number of benzene rings is 1. The van der Waals surface area contributed by atoms with Crippen molar-refractivity contribution >= 4 is 24.2 Å². The van der Waals surface area contributed by atoms with Crippen LogP contribution in [0.2, 0.25) is 0 Å². The lowest BCUT2D eigenvalue weighted by Gasteiger charge is -2.24. The smallest absolute Gasteiger partial charge is 0.274 e. The molecule has 0 radical (unpaired) electrons. The van der Waals surface area contributed by atoms with Gasteiger partial charge in [0.1, 0.15) is 6.04 Å². The van der Waals surface area contributed by atoms with Crippen LogP contribution in [0.25, 0.3) is 0 Å². The van der Waals surface area contributed by atoms with Gasteiger partial charge in [0.2, 0.25) is 5.91 Å². The third kappa shape index (κ3) is 5.37. The first-order valence-electron chi connectivity index (χ1n) is 10.5. The van der Waals surface area contributed by atoms with Crippen LogP contribution in [0.5, 0.6) is 0 Å². The normalized spacial score (nSPS) is 17.9. The molecule has 1 aromatic heterocycles. The molecule has 0 spiro atoms. The number of rotatable bonds is 6. The number of carbonyl (C=O) groups excluding carboxylic acids is 2.